The highest BCUT2D eigenvalue weighted by Crippen LogP contribution is 2.60. The summed E-state index contributed by atoms with van der Waals surface area (Å²) >= 11 is 3.50. The van der Waals surface area contributed by atoms with Gasteiger partial charge in [0.1, 0.15) is 22.3 Å². The highest BCUT2D eigenvalue weighted by Gasteiger charge is 2.48. The van der Waals surface area contributed by atoms with Crippen LogP contribution in [0.4, 0.5) is 0 Å². The van der Waals surface area contributed by atoms with Crippen LogP contribution in [-0.2, 0) is 10.8 Å². The molecule has 20 aromatic rings. The van der Waals surface area contributed by atoms with Crippen LogP contribution in [0.3, 0.4) is 0 Å². The summed E-state index contributed by atoms with van der Waals surface area (Å²) in [5, 5.41) is 31.3. The Morgan fingerprint density at radius 1 is 0.269 bits per heavy atom. The van der Waals surface area contributed by atoms with Crippen LogP contribution < -0.4 is 5.46 Å². The lowest BCUT2D eigenvalue weighted by atomic mass is 9.66. The molecular weight excluding hydrogens is 1380 g/mol. The molecule has 508 valence electrons. The van der Waals surface area contributed by atoms with Gasteiger partial charge in [-0.25, -0.2) is 0 Å². The van der Waals surface area contributed by atoms with E-state index in [-0.39, 0.29) is 65.5 Å². The van der Waals surface area contributed by atoms with Gasteiger partial charge in [0.15, 0.2) is 0 Å². The molecule has 108 heavy (non-hydrogen) atoms. The first-order valence-electron chi connectivity index (χ1n) is 41.0. The topological polar surface area (TPSA) is 66.7 Å². The molecule has 2 aliphatic carbocycles. The Labute approximate surface area is 647 Å². The molecule has 0 amide bonds. The Bertz CT molecular complexity index is 7280. The molecule has 22 rings (SSSR count). The first-order valence-corrected chi connectivity index (χ1v) is 36.8. The molecule has 0 atom stereocenters. The lowest BCUT2D eigenvalue weighted by Gasteiger charge is -2.34. The largest absolute Gasteiger partial charge is 0.492 e. The van der Waals surface area contributed by atoms with Crippen molar-refractivity contribution in [3.05, 3.63) is 437 Å². The quantitative estimate of drug-likeness (QED) is 0.106. The highest BCUT2D eigenvalue weighted by atomic mass is 79.9. The van der Waals surface area contributed by atoms with E-state index in [1.54, 1.807) is 6.07 Å². The monoisotopic (exact) mass is 1450 g/mol. The number of halogens is 1. The van der Waals surface area contributed by atoms with Gasteiger partial charge in [0.2, 0.25) is 0 Å². The van der Waals surface area contributed by atoms with Crippen LogP contribution in [-0.4, -0.2) is 17.2 Å². The van der Waals surface area contributed by atoms with Crippen molar-refractivity contribution in [2.24, 2.45) is 0 Å². The maximum atomic E-state index is 9.91. The van der Waals surface area contributed by atoms with Crippen LogP contribution in [0.25, 0.3) is 143 Å². The van der Waals surface area contributed by atoms with Gasteiger partial charge in [-0.3, -0.25) is 0 Å². The molecule has 0 unspecified atom stereocenters. The van der Waals surface area contributed by atoms with Crippen molar-refractivity contribution in [2.45, 2.75) is 10.8 Å². The fourth-order valence-electron chi connectivity index (χ4n) is 17.8. The highest BCUT2D eigenvalue weighted by molar-refractivity contribution is 9.10. The maximum Gasteiger partial charge on any atom is 0.492 e. The SMILES string of the molecule is OB(O)c1ccc2c3c1oc1cccc(c13)C2(c1ccccc1)c1ccccc1.[2H]c1c([2H])c([2H])c(-c2c3ccccc3c(-c3ccc(-c4ccc5c6c4oc4cccc(c46)C5(c4ccccc4)c4ccccc4)cc3)c3ccccc23)c([2H])c1[2H].[2H]c1c([2H])c([2H])c(-c2c3ccccc3c(-c3ccc(Br)cc3)c3ccccc23)c([2H])c1[2H]. The van der Waals surface area contributed by atoms with E-state index < -0.39 is 24.0 Å². The molecule has 2 heterocycles. The third-order valence-corrected chi connectivity index (χ3v) is 22.6. The zero-order valence-corrected chi connectivity index (χ0v) is 59.4. The van der Waals surface area contributed by atoms with E-state index in [4.69, 9.17) is 22.5 Å². The smallest absolute Gasteiger partial charge is 0.456 e. The predicted octanol–water partition coefficient (Wildman–Crippen LogP) is 25.6. The van der Waals surface area contributed by atoms with E-state index in [9.17, 15) is 10.0 Å². The summed E-state index contributed by atoms with van der Waals surface area (Å²) in [5.74, 6) is 0. The van der Waals surface area contributed by atoms with Gasteiger partial charge < -0.3 is 18.9 Å². The molecule has 2 aliphatic rings. The summed E-state index contributed by atoms with van der Waals surface area (Å²) < 4.78 is 98.3. The number of fused-ring (bicyclic) bond motifs is 4. The third kappa shape index (κ3) is 9.99. The van der Waals surface area contributed by atoms with E-state index in [1.807, 2.05) is 127 Å². The fourth-order valence-corrected chi connectivity index (χ4v) is 18.0. The molecule has 18 aromatic carbocycles. The van der Waals surface area contributed by atoms with Crippen molar-refractivity contribution in [1.29, 1.82) is 0 Å². The molecule has 0 saturated carbocycles. The summed E-state index contributed by atoms with van der Waals surface area (Å²) in [7, 11) is -1.59. The van der Waals surface area contributed by atoms with Crippen molar-refractivity contribution in [3.8, 4) is 55.6 Å². The Morgan fingerprint density at radius 2 is 0.574 bits per heavy atom. The summed E-state index contributed by atoms with van der Waals surface area (Å²) in [6.07, 6.45) is 0. The Hall–Kier alpha value is -12.9. The average Bonchev–Trinajstić information content (AvgIpc) is 1.51. The molecule has 0 radical (unpaired) electrons. The first kappa shape index (κ1) is 54.6. The normalized spacial score (nSPS) is 14.2. The molecule has 0 bridgehead atoms. The van der Waals surface area contributed by atoms with Crippen LogP contribution >= 0.6 is 15.9 Å². The van der Waals surface area contributed by atoms with Gasteiger partial charge in [0, 0.05) is 37.0 Å². The predicted molar refractivity (Wildman–Crippen MR) is 452 cm³/mol. The van der Waals surface area contributed by atoms with E-state index >= 15 is 0 Å². The van der Waals surface area contributed by atoms with Gasteiger partial charge in [-0.05, 0) is 162 Å². The minimum absolute atomic E-state index is 0.192. The van der Waals surface area contributed by atoms with E-state index in [0.29, 0.717) is 22.2 Å². The van der Waals surface area contributed by atoms with Gasteiger partial charge >= 0.3 is 7.12 Å². The average molecular weight is 1460 g/mol. The molecule has 6 heteroatoms. The summed E-state index contributed by atoms with van der Waals surface area (Å²) in [4.78, 5) is 0. The number of rotatable bonds is 10. The van der Waals surface area contributed by atoms with E-state index in [2.05, 4.69) is 210 Å². The number of furan rings is 2. The maximum absolute atomic E-state index is 9.91. The summed E-state index contributed by atoms with van der Waals surface area (Å²) in [6, 6.07) is 109. The van der Waals surface area contributed by atoms with Crippen LogP contribution in [0, 0.1) is 0 Å². The molecule has 0 spiro atoms. The Kier molecular flexibility index (Phi) is 13.3. The summed E-state index contributed by atoms with van der Waals surface area (Å²) in [5.41, 5.74) is 19.9. The van der Waals surface area contributed by atoms with Gasteiger partial charge in [0.05, 0.1) is 24.5 Å². The van der Waals surface area contributed by atoms with Crippen molar-refractivity contribution < 1.29 is 32.6 Å². The second-order valence-corrected chi connectivity index (χ2v) is 28.4. The zero-order valence-electron chi connectivity index (χ0n) is 67.8. The molecule has 2 aromatic heterocycles. The van der Waals surface area contributed by atoms with Crippen molar-refractivity contribution in [2.75, 3.05) is 0 Å². The standard InChI is InChI=1S/C51H32O.C26H17Br.C25H17BO3/c1-4-15-34(16-5-1)46-39-21-10-12-23-41(39)47(42-24-13-11-22-40(42)46)35-29-27-33(28-30-35)38-31-32-44-49-48-43(25-14-26-45(48)52-50(38)49)51(44,36-17-6-2-7-18-36)37-19-8-3-9-20-37;27-20-16-14-19(15-17-20)26-23-12-6-4-10-21(23)25(18-8-2-1-3-9-18)22-11-5-7-13-24(22)26;27-26(28)20-15-14-19-23-22-18(12-7-13-21(22)29-24(20)23)25(19,16-8-3-1-4-9-16)17-10-5-2-6-11-17/h1-32H;1-17H;1-15,27-28H/i1D,4D,5D,15D,16D;1D,2D,3D,8D,9D;. The van der Waals surface area contributed by atoms with Crippen molar-refractivity contribution in [3.63, 3.8) is 0 Å². The van der Waals surface area contributed by atoms with Gasteiger partial charge in [-0.15, -0.1) is 0 Å². The molecule has 4 nitrogen and oxygen atoms in total. The molecular formula is C102H66BBrO4. The van der Waals surface area contributed by atoms with Gasteiger partial charge in [0.25, 0.3) is 0 Å². The minimum atomic E-state index is -1.59. The lowest BCUT2D eigenvalue weighted by Crippen LogP contribution is -2.32. The number of hydrogen-bond donors (Lipinski definition) is 2. The molecule has 0 fully saturated rings. The van der Waals surface area contributed by atoms with Crippen LogP contribution in [0.5, 0.6) is 0 Å². The molecule has 2 N–H and O–H groups in total. The Balaban J connectivity index is 0.000000124. The minimum Gasteiger partial charge on any atom is -0.456 e. The van der Waals surface area contributed by atoms with Gasteiger partial charge in [-0.1, -0.05) is 380 Å². The molecule has 0 saturated heterocycles. The fraction of sp³-hybridized carbons (Fsp3) is 0.0196. The first-order chi connectivity index (χ1) is 57.5. The van der Waals surface area contributed by atoms with Crippen molar-refractivity contribution >= 4 is 115 Å². The second kappa shape index (κ2) is 26.3. The zero-order chi connectivity index (χ0) is 80.7. The van der Waals surface area contributed by atoms with E-state index in [1.165, 1.54) is 33.4 Å². The number of hydrogen-bond acceptors (Lipinski definition) is 4. The number of benzene rings is 18. The summed E-state index contributed by atoms with van der Waals surface area (Å²) in [6.45, 7) is 0. The van der Waals surface area contributed by atoms with Crippen LogP contribution in [0.15, 0.2) is 401 Å². The second-order valence-electron chi connectivity index (χ2n) is 27.4. The van der Waals surface area contributed by atoms with Crippen LogP contribution in [0.2, 0.25) is 0 Å². The Morgan fingerprint density at radius 3 is 0.944 bits per heavy atom. The van der Waals surface area contributed by atoms with Crippen molar-refractivity contribution in [1.82, 2.24) is 0 Å². The van der Waals surface area contributed by atoms with E-state index in [0.717, 1.165) is 130 Å². The third-order valence-electron chi connectivity index (χ3n) is 22.0. The van der Waals surface area contributed by atoms with Gasteiger partial charge in [-0.2, -0.15) is 0 Å². The molecule has 0 aliphatic heterocycles. The van der Waals surface area contributed by atoms with Crippen LogP contribution in [0.1, 0.15) is 58.2 Å². The lowest BCUT2D eigenvalue weighted by molar-refractivity contribution is 0.425.